The maximum Gasteiger partial charge on any atom is 0.343 e. The highest BCUT2D eigenvalue weighted by atomic mass is 16.5. The fraction of sp³-hybridized carbons (Fsp3) is 0.643. The summed E-state index contributed by atoms with van der Waals surface area (Å²) in [7, 11) is 3.73. The third-order valence-corrected chi connectivity index (χ3v) is 3.31. The number of rotatable bonds is 4. The Hall–Kier alpha value is -1.85. The Morgan fingerprint density at radius 2 is 2.05 bits per heavy atom. The van der Waals surface area contributed by atoms with Crippen molar-refractivity contribution >= 4 is 17.7 Å². The molecule has 0 bridgehead atoms. The molecule has 1 saturated heterocycles. The lowest BCUT2D eigenvalue weighted by molar-refractivity contribution is 0.0526. The molecule has 6 heteroatoms. The molecule has 0 unspecified atom stereocenters. The lowest BCUT2D eigenvalue weighted by atomic mass is 10.1. The minimum atomic E-state index is -0.374. The smallest absolute Gasteiger partial charge is 0.343 e. The molecule has 0 aliphatic carbocycles. The highest BCUT2D eigenvalue weighted by Gasteiger charge is 2.20. The molecular formula is C14H22N4O2. The number of carbonyl (C=O) groups excluding carboxylic acids is 1. The van der Waals surface area contributed by atoms with Gasteiger partial charge < -0.3 is 14.5 Å². The second-order valence-corrected chi connectivity index (χ2v) is 5.07. The predicted molar refractivity (Wildman–Crippen MR) is 78.4 cm³/mol. The number of hydrogen-bond acceptors (Lipinski definition) is 6. The molecule has 2 rings (SSSR count). The molecule has 20 heavy (non-hydrogen) atoms. The van der Waals surface area contributed by atoms with E-state index in [2.05, 4.69) is 14.9 Å². The van der Waals surface area contributed by atoms with Gasteiger partial charge in [0.1, 0.15) is 11.4 Å². The second-order valence-electron chi connectivity index (χ2n) is 5.07. The zero-order chi connectivity index (χ0) is 14.5. The maximum atomic E-state index is 11.9. The van der Waals surface area contributed by atoms with Gasteiger partial charge in [0, 0.05) is 33.4 Å². The Kier molecular flexibility index (Phi) is 4.76. The lowest BCUT2D eigenvalue weighted by Crippen LogP contribution is -2.31. The molecular weight excluding hydrogens is 256 g/mol. The third-order valence-electron chi connectivity index (χ3n) is 3.31. The Morgan fingerprint density at radius 1 is 1.35 bits per heavy atom. The summed E-state index contributed by atoms with van der Waals surface area (Å²) in [5.74, 6) is 0.932. The van der Waals surface area contributed by atoms with E-state index >= 15 is 0 Å². The first kappa shape index (κ1) is 14.6. The molecule has 0 radical (unpaired) electrons. The molecule has 0 aromatic carbocycles. The molecule has 0 amide bonds. The Bertz CT molecular complexity index is 470. The molecule has 0 spiro atoms. The van der Waals surface area contributed by atoms with Gasteiger partial charge in [-0.05, 0) is 26.2 Å². The van der Waals surface area contributed by atoms with Crippen LogP contribution in [0.5, 0.6) is 0 Å². The quantitative estimate of drug-likeness (QED) is 0.781. The molecule has 6 nitrogen and oxygen atoms in total. The lowest BCUT2D eigenvalue weighted by Gasteiger charge is -2.27. The SMILES string of the molecule is CCOC(=O)c1cnc(N2CCCCC2)nc1N(C)C. The summed E-state index contributed by atoms with van der Waals surface area (Å²) in [4.78, 5) is 24.8. The van der Waals surface area contributed by atoms with Gasteiger partial charge in [-0.15, -0.1) is 0 Å². The van der Waals surface area contributed by atoms with E-state index in [9.17, 15) is 4.79 Å². The van der Waals surface area contributed by atoms with Gasteiger partial charge in [0.15, 0.2) is 0 Å². The van der Waals surface area contributed by atoms with Gasteiger partial charge in [0.2, 0.25) is 5.95 Å². The van der Waals surface area contributed by atoms with Crippen molar-refractivity contribution in [1.29, 1.82) is 0 Å². The molecule has 0 saturated carbocycles. The first-order valence-corrected chi connectivity index (χ1v) is 7.10. The second kappa shape index (κ2) is 6.54. The van der Waals surface area contributed by atoms with E-state index in [1.807, 2.05) is 19.0 Å². The summed E-state index contributed by atoms with van der Waals surface area (Å²) in [6.45, 7) is 4.09. The van der Waals surface area contributed by atoms with Crippen LogP contribution in [0.1, 0.15) is 36.5 Å². The van der Waals surface area contributed by atoms with Crippen LogP contribution in [0.4, 0.5) is 11.8 Å². The summed E-state index contributed by atoms with van der Waals surface area (Å²) >= 11 is 0. The van der Waals surface area contributed by atoms with Crippen LogP contribution in [0.15, 0.2) is 6.20 Å². The van der Waals surface area contributed by atoms with Crippen molar-refractivity contribution in [2.75, 3.05) is 43.6 Å². The minimum absolute atomic E-state index is 0.347. The number of esters is 1. The normalized spacial score (nSPS) is 15.1. The molecule has 0 atom stereocenters. The van der Waals surface area contributed by atoms with Crippen LogP contribution < -0.4 is 9.80 Å². The maximum absolute atomic E-state index is 11.9. The number of piperidine rings is 1. The summed E-state index contributed by atoms with van der Waals surface area (Å²) in [6.07, 6.45) is 5.17. The molecule has 1 fully saturated rings. The molecule has 2 heterocycles. The Morgan fingerprint density at radius 3 is 2.65 bits per heavy atom. The number of aromatic nitrogens is 2. The average molecular weight is 278 g/mol. The van der Waals surface area contributed by atoms with E-state index in [-0.39, 0.29) is 5.97 Å². The minimum Gasteiger partial charge on any atom is -0.462 e. The van der Waals surface area contributed by atoms with Crippen molar-refractivity contribution in [1.82, 2.24) is 9.97 Å². The fourth-order valence-corrected chi connectivity index (χ4v) is 2.30. The van der Waals surface area contributed by atoms with Crippen molar-refractivity contribution in [3.05, 3.63) is 11.8 Å². The zero-order valence-electron chi connectivity index (χ0n) is 12.4. The van der Waals surface area contributed by atoms with Crippen molar-refractivity contribution in [3.63, 3.8) is 0 Å². The molecule has 1 aliphatic heterocycles. The largest absolute Gasteiger partial charge is 0.462 e. The van der Waals surface area contributed by atoms with E-state index < -0.39 is 0 Å². The number of carbonyl (C=O) groups is 1. The molecule has 1 aliphatic rings. The Balaban J connectivity index is 2.29. The molecule has 110 valence electrons. The van der Waals surface area contributed by atoms with Crippen molar-refractivity contribution in [2.45, 2.75) is 26.2 Å². The molecule has 1 aromatic rings. The highest BCUT2D eigenvalue weighted by Crippen LogP contribution is 2.22. The van der Waals surface area contributed by atoms with Crippen LogP contribution in [-0.2, 0) is 4.74 Å². The molecule has 1 aromatic heterocycles. The number of hydrogen-bond donors (Lipinski definition) is 0. The number of nitrogens with zero attached hydrogens (tertiary/aromatic N) is 4. The van der Waals surface area contributed by atoms with E-state index in [0.29, 0.717) is 23.9 Å². The third kappa shape index (κ3) is 3.18. The summed E-state index contributed by atoms with van der Waals surface area (Å²) in [5, 5.41) is 0. The van der Waals surface area contributed by atoms with Gasteiger partial charge in [0.05, 0.1) is 6.61 Å². The predicted octanol–water partition coefficient (Wildman–Crippen LogP) is 1.71. The number of anilines is 2. The average Bonchev–Trinajstić information content (AvgIpc) is 2.47. The van der Waals surface area contributed by atoms with E-state index in [4.69, 9.17) is 4.74 Å². The van der Waals surface area contributed by atoms with Crippen LogP contribution in [-0.4, -0.2) is 49.7 Å². The van der Waals surface area contributed by atoms with Crippen LogP contribution in [0, 0.1) is 0 Å². The monoisotopic (exact) mass is 278 g/mol. The zero-order valence-corrected chi connectivity index (χ0v) is 12.4. The summed E-state index contributed by atoms with van der Waals surface area (Å²) < 4.78 is 5.04. The van der Waals surface area contributed by atoms with E-state index in [1.54, 1.807) is 13.1 Å². The topological polar surface area (TPSA) is 58.6 Å². The van der Waals surface area contributed by atoms with Crippen molar-refractivity contribution in [3.8, 4) is 0 Å². The number of ether oxygens (including phenoxy) is 1. The van der Waals surface area contributed by atoms with Gasteiger partial charge in [0.25, 0.3) is 0 Å². The van der Waals surface area contributed by atoms with Gasteiger partial charge in [-0.2, -0.15) is 4.98 Å². The van der Waals surface area contributed by atoms with Crippen LogP contribution >= 0.6 is 0 Å². The fourth-order valence-electron chi connectivity index (χ4n) is 2.30. The van der Waals surface area contributed by atoms with Crippen molar-refractivity contribution in [2.24, 2.45) is 0 Å². The Labute approximate surface area is 119 Å². The summed E-state index contributed by atoms with van der Waals surface area (Å²) in [6, 6.07) is 0. The van der Waals surface area contributed by atoms with Gasteiger partial charge in [-0.1, -0.05) is 0 Å². The first-order valence-electron chi connectivity index (χ1n) is 7.10. The summed E-state index contributed by atoms with van der Waals surface area (Å²) in [5.41, 5.74) is 0.414. The van der Waals surface area contributed by atoms with Crippen LogP contribution in [0.2, 0.25) is 0 Å². The van der Waals surface area contributed by atoms with Crippen LogP contribution in [0.3, 0.4) is 0 Å². The van der Waals surface area contributed by atoms with Crippen molar-refractivity contribution < 1.29 is 9.53 Å². The van der Waals surface area contributed by atoms with Crippen LogP contribution in [0.25, 0.3) is 0 Å². The first-order chi connectivity index (χ1) is 9.63. The van der Waals surface area contributed by atoms with E-state index in [1.165, 1.54) is 19.3 Å². The standard InChI is InChI=1S/C14H22N4O2/c1-4-20-13(19)11-10-15-14(16-12(11)17(2)3)18-8-6-5-7-9-18/h10H,4-9H2,1-3H3. The van der Waals surface area contributed by atoms with Gasteiger partial charge in [-0.3, -0.25) is 0 Å². The van der Waals surface area contributed by atoms with E-state index in [0.717, 1.165) is 13.1 Å². The van der Waals surface area contributed by atoms with Gasteiger partial charge in [-0.25, -0.2) is 9.78 Å². The van der Waals surface area contributed by atoms with Gasteiger partial charge >= 0.3 is 5.97 Å². The molecule has 0 N–H and O–H groups in total. The highest BCUT2D eigenvalue weighted by molar-refractivity contribution is 5.94.